The van der Waals surface area contributed by atoms with E-state index >= 15 is 0 Å². The Bertz CT molecular complexity index is 712. The number of urea groups is 1. The van der Waals surface area contributed by atoms with Gasteiger partial charge in [0, 0.05) is 18.1 Å². The van der Waals surface area contributed by atoms with Crippen LogP contribution >= 0.6 is 11.3 Å². The van der Waals surface area contributed by atoms with Crippen LogP contribution in [0.4, 0.5) is 4.79 Å². The molecule has 1 aromatic rings. The molecule has 3 amide bonds. The van der Waals surface area contributed by atoms with Crippen molar-refractivity contribution in [2.45, 2.75) is 31.3 Å². The van der Waals surface area contributed by atoms with E-state index in [0.29, 0.717) is 24.3 Å². The molecule has 1 aromatic heterocycles. The highest BCUT2D eigenvalue weighted by Crippen LogP contribution is 2.18. The van der Waals surface area contributed by atoms with Gasteiger partial charge in [-0.15, -0.1) is 15.6 Å². The molecule has 1 aliphatic rings. The van der Waals surface area contributed by atoms with E-state index < -0.39 is 34.4 Å². The predicted molar refractivity (Wildman–Crippen MR) is 88.6 cm³/mol. The molecule has 0 aliphatic carbocycles. The number of hydrogen-bond donors (Lipinski definition) is 4. The summed E-state index contributed by atoms with van der Waals surface area (Å²) in [5, 5.41) is 2.42. The minimum absolute atomic E-state index is 0.00988. The van der Waals surface area contributed by atoms with Crippen LogP contribution in [0.15, 0.2) is 11.6 Å². The Morgan fingerprint density at radius 1 is 1.46 bits per heavy atom. The van der Waals surface area contributed by atoms with Crippen molar-refractivity contribution in [2.75, 3.05) is 13.2 Å². The van der Waals surface area contributed by atoms with Gasteiger partial charge in [0.15, 0.2) is 0 Å². The smallest absolute Gasteiger partial charge is 0.320 e. The Balaban J connectivity index is 1.85. The van der Waals surface area contributed by atoms with E-state index in [1.165, 1.54) is 11.3 Å². The van der Waals surface area contributed by atoms with Crippen LogP contribution in [-0.4, -0.2) is 54.0 Å². The number of carbonyl (C=O) groups excluding carboxylic acids is 2. The summed E-state index contributed by atoms with van der Waals surface area (Å²) in [6, 6.07) is -2.36. The van der Waals surface area contributed by atoms with Gasteiger partial charge in [-0.1, -0.05) is 0 Å². The molecule has 26 heavy (non-hydrogen) atoms. The van der Waals surface area contributed by atoms with E-state index in [0.717, 1.165) is 4.90 Å². The first-order valence-corrected chi connectivity index (χ1v) is 9.81. The average Bonchev–Trinajstić information content (AvgIpc) is 3.13. The molecule has 2 heterocycles. The third-order valence-electron chi connectivity index (χ3n) is 3.50. The summed E-state index contributed by atoms with van der Waals surface area (Å²) in [7, 11) is -4.84. The number of amides is 3. The minimum Gasteiger partial charge on any atom is -0.320 e. The Kier molecular flexibility index (Phi) is 7.24. The maximum Gasteiger partial charge on any atom is 0.418 e. The molecule has 1 unspecified atom stereocenters. The average molecular weight is 409 g/mol. The number of hydroxylamine groups is 2. The summed E-state index contributed by atoms with van der Waals surface area (Å²) < 4.78 is 33.4. The lowest BCUT2D eigenvalue weighted by atomic mass is 10.0. The quantitative estimate of drug-likeness (QED) is 0.341. The lowest BCUT2D eigenvalue weighted by molar-refractivity contribution is -0.139. The number of likely N-dealkylation sites (tertiary alicyclic amines) is 1. The Labute approximate surface area is 153 Å². The van der Waals surface area contributed by atoms with Crippen molar-refractivity contribution in [1.29, 1.82) is 0 Å². The van der Waals surface area contributed by atoms with E-state index in [1.54, 1.807) is 17.1 Å². The molecular weight excluding hydrogens is 390 g/mol. The minimum atomic E-state index is -4.84. The Morgan fingerprint density at radius 3 is 2.88 bits per heavy atom. The molecule has 2 atom stereocenters. The van der Waals surface area contributed by atoms with Gasteiger partial charge >= 0.3 is 16.4 Å². The number of hydrogen-bond acceptors (Lipinski definition) is 9. The molecule has 12 nitrogen and oxygen atoms in total. The summed E-state index contributed by atoms with van der Waals surface area (Å²) in [4.78, 5) is 34.4. The van der Waals surface area contributed by atoms with Crippen molar-refractivity contribution < 1.29 is 31.7 Å². The van der Waals surface area contributed by atoms with Crippen molar-refractivity contribution in [3.05, 3.63) is 16.6 Å². The summed E-state index contributed by atoms with van der Waals surface area (Å²) in [6.07, 6.45) is 3.27. The van der Waals surface area contributed by atoms with Crippen molar-refractivity contribution >= 4 is 33.7 Å². The Morgan fingerprint density at radius 2 is 2.23 bits per heavy atom. The highest BCUT2D eigenvalue weighted by atomic mass is 32.3. The number of aromatic nitrogens is 1. The molecule has 0 saturated carbocycles. The van der Waals surface area contributed by atoms with Gasteiger partial charge in [-0.3, -0.25) is 14.2 Å². The van der Waals surface area contributed by atoms with Crippen molar-refractivity contribution in [1.82, 2.24) is 20.8 Å². The maximum absolute atomic E-state index is 12.3. The van der Waals surface area contributed by atoms with Crippen LogP contribution in [-0.2, 0) is 24.3 Å². The van der Waals surface area contributed by atoms with Crippen molar-refractivity contribution in [3.8, 4) is 0 Å². The van der Waals surface area contributed by atoms with Gasteiger partial charge in [-0.25, -0.2) is 15.3 Å². The second-order valence-corrected chi connectivity index (χ2v) is 7.33. The third-order valence-corrected chi connectivity index (χ3v) is 4.71. The Hall–Kier alpha value is -1.84. The molecule has 14 heteroatoms. The third kappa shape index (κ3) is 6.15. The zero-order valence-corrected chi connectivity index (χ0v) is 15.2. The van der Waals surface area contributed by atoms with E-state index in [2.05, 4.69) is 14.7 Å². The molecular formula is C12H19N5O7S2. The largest absolute Gasteiger partial charge is 0.418 e. The van der Waals surface area contributed by atoms with E-state index in [1.807, 2.05) is 0 Å². The summed E-state index contributed by atoms with van der Waals surface area (Å²) in [5.74, 6) is -0.585. The van der Waals surface area contributed by atoms with Crippen LogP contribution in [0.25, 0.3) is 0 Å². The van der Waals surface area contributed by atoms with E-state index in [4.69, 9.17) is 15.1 Å². The van der Waals surface area contributed by atoms with Gasteiger partial charge in [0.25, 0.3) is 5.91 Å². The number of carbonyl (C=O) groups is 2. The predicted octanol–water partition coefficient (Wildman–Crippen LogP) is -0.511. The van der Waals surface area contributed by atoms with Crippen molar-refractivity contribution in [2.24, 2.45) is 5.73 Å². The highest BCUT2D eigenvalue weighted by Gasteiger charge is 2.33. The molecule has 5 N–H and O–H groups in total. The topological polar surface area (TPSA) is 173 Å². The van der Waals surface area contributed by atoms with Gasteiger partial charge in [0.05, 0.1) is 12.6 Å². The maximum atomic E-state index is 12.3. The normalized spacial score (nSPS) is 19.0. The van der Waals surface area contributed by atoms with Gasteiger partial charge in [0.2, 0.25) is 0 Å². The zero-order chi connectivity index (χ0) is 19.2. The fourth-order valence-corrected chi connectivity index (χ4v) is 3.16. The second kappa shape index (κ2) is 9.20. The number of thiazole rings is 1. The van der Waals surface area contributed by atoms with Crippen LogP contribution in [0.1, 0.15) is 30.3 Å². The van der Waals surface area contributed by atoms with Crippen LogP contribution in [0.2, 0.25) is 0 Å². The first-order chi connectivity index (χ1) is 12.3. The molecule has 0 bridgehead atoms. The molecule has 2 rings (SSSR count). The molecule has 1 saturated heterocycles. The lowest BCUT2D eigenvalue weighted by Crippen LogP contribution is -2.55. The van der Waals surface area contributed by atoms with Crippen LogP contribution in [0.5, 0.6) is 0 Å². The lowest BCUT2D eigenvalue weighted by Gasteiger charge is -2.33. The number of piperidine rings is 1. The SMILES string of the molecule is NC(CONC(=O)[C@@H]1CCCCN1C(=O)NOS(=O)(=O)O)c1nccs1. The van der Waals surface area contributed by atoms with E-state index in [-0.39, 0.29) is 13.2 Å². The van der Waals surface area contributed by atoms with Gasteiger partial charge in [-0.2, -0.15) is 13.9 Å². The molecule has 146 valence electrons. The first kappa shape index (κ1) is 20.5. The number of rotatable bonds is 7. The van der Waals surface area contributed by atoms with Gasteiger partial charge in [0.1, 0.15) is 11.0 Å². The highest BCUT2D eigenvalue weighted by molar-refractivity contribution is 7.80. The fourth-order valence-electron chi connectivity index (χ4n) is 2.35. The second-order valence-electron chi connectivity index (χ2n) is 5.38. The summed E-state index contributed by atoms with van der Waals surface area (Å²) >= 11 is 1.36. The fraction of sp³-hybridized carbons (Fsp3) is 0.583. The molecule has 0 aromatic carbocycles. The number of nitrogens with zero attached hydrogens (tertiary/aromatic N) is 2. The van der Waals surface area contributed by atoms with Gasteiger partial charge in [-0.05, 0) is 19.3 Å². The molecule has 0 radical (unpaired) electrons. The molecule has 1 aliphatic heterocycles. The standard InChI is InChI=1S/C12H19N5O7S2/c13-8(11-14-4-6-25-11)7-23-15-10(18)9-3-1-2-5-17(9)12(19)16-24-26(20,21)22/h4,6,8-9H,1-3,5,7,13H2,(H,15,18)(H,16,19)(H,20,21,22)/t8?,9-/m0/s1. The number of nitrogens with one attached hydrogen (secondary N) is 2. The summed E-state index contributed by atoms with van der Waals surface area (Å²) in [6.45, 7) is 0.196. The van der Waals surface area contributed by atoms with E-state index in [9.17, 15) is 18.0 Å². The molecule has 1 fully saturated rings. The monoisotopic (exact) mass is 409 g/mol. The van der Waals surface area contributed by atoms with Crippen LogP contribution in [0, 0.1) is 0 Å². The first-order valence-electron chi connectivity index (χ1n) is 7.57. The van der Waals surface area contributed by atoms with Crippen LogP contribution < -0.4 is 16.7 Å². The molecule has 0 spiro atoms. The van der Waals surface area contributed by atoms with Gasteiger partial charge < -0.3 is 10.6 Å². The summed E-state index contributed by atoms with van der Waals surface area (Å²) in [5.41, 5.74) is 9.66. The zero-order valence-electron chi connectivity index (χ0n) is 13.5. The number of nitrogens with two attached hydrogens (primary N) is 1. The van der Waals surface area contributed by atoms with Crippen LogP contribution in [0.3, 0.4) is 0 Å². The van der Waals surface area contributed by atoms with Crippen molar-refractivity contribution in [3.63, 3.8) is 0 Å².